The monoisotopic (exact) mass is 409 g/mol. The van der Waals surface area contributed by atoms with Crippen molar-refractivity contribution in [3.8, 4) is 0 Å². The number of hydrogen-bond acceptors (Lipinski definition) is 4. The summed E-state index contributed by atoms with van der Waals surface area (Å²) in [7, 11) is 0. The van der Waals surface area contributed by atoms with Crippen LogP contribution in [0.15, 0.2) is 59.0 Å². The summed E-state index contributed by atoms with van der Waals surface area (Å²) in [5.41, 5.74) is 2.09. The average molecular weight is 410 g/mol. The Morgan fingerprint density at radius 1 is 1.07 bits per heavy atom. The van der Waals surface area contributed by atoms with E-state index in [1.54, 1.807) is 0 Å². The third-order valence-electron chi connectivity index (χ3n) is 6.03. The molecule has 5 nitrogen and oxygen atoms in total. The van der Waals surface area contributed by atoms with E-state index in [1.165, 1.54) is 12.8 Å². The number of aromatic nitrogens is 1. The molecule has 29 heavy (non-hydrogen) atoms. The molecule has 1 aromatic heterocycles. The van der Waals surface area contributed by atoms with E-state index >= 15 is 0 Å². The van der Waals surface area contributed by atoms with Gasteiger partial charge in [-0.05, 0) is 56.5 Å². The fraction of sp³-hybridized carbons (Fsp3) is 0.391. The van der Waals surface area contributed by atoms with E-state index in [-0.39, 0.29) is 25.4 Å². The first kappa shape index (κ1) is 20.0. The molecule has 152 valence electrons. The number of hydrogen-bond donors (Lipinski definition) is 1. The minimum atomic E-state index is -0.614. The minimum Gasteiger partial charge on any atom is -0.440 e. The topological polar surface area (TPSA) is 58.4 Å². The number of nitrogens with one attached hydrogen (secondary N) is 1. The summed E-state index contributed by atoms with van der Waals surface area (Å²) in [6.07, 6.45) is 4.05. The van der Waals surface area contributed by atoms with Crippen molar-refractivity contribution in [1.29, 1.82) is 0 Å². The van der Waals surface area contributed by atoms with Gasteiger partial charge in [-0.15, -0.1) is 0 Å². The fourth-order valence-electron chi connectivity index (χ4n) is 4.18. The highest BCUT2D eigenvalue weighted by atomic mass is 32.1. The van der Waals surface area contributed by atoms with E-state index in [2.05, 4.69) is 27.3 Å². The van der Waals surface area contributed by atoms with Gasteiger partial charge in [-0.2, -0.15) is 13.5 Å². The lowest BCUT2D eigenvalue weighted by Gasteiger charge is -2.26. The first-order valence-electron chi connectivity index (χ1n) is 10.2. The van der Waals surface area contributed by atoms with Gasteiger partial charge in [0.15, 0.2) is 5.58 Å². The molecule has 0 radical (unpaired) electrons. The summed E-state index contributed by atoms with van der Waals surface area (Å²) in [4.78, 5) is 20.4. The number of nitrogens with zero attached hydrogens (tertiary/aromatic N) is 2. The van der Waals surface area contributed by atoms with E-state index in [9.17, 15) is 4.79 Å². The molecule has 0 spiro atoms. The highest BCUT2D eigenvalue weighted by Crippen LogP contribution is 2.49. The van der Waals surface area contributed by atoms with Crippen LogP contribution in [-0.2, 0) is 10.2 Å². The van der Waals surface area contributed by atoms with Crippen molar-refractivity contribution in [2.24, 2.45) is 0 Å². The van der Waals surface area contributed by atoms with Gasteiger partial charge in [0.2, 0.25) is 11.8 Å². The predicted molar refractivity (Wildman–Crippen MR) is 118 cm³/mol. The van der Waals surface area contributed by atoms with Crippen molar-refractivity contribution in [2.45, 2.75) is 37.1 Å². The third-order valence-corrected chi connectivity index (χ3v) is 6.03. The van der Waals surface area contributed by atoms with Crippen LogP contribution in [0.1, 0.15) is 43.2 Å². The molecule has 1 saturated heterocycles. The molecule has 2 fully saturated rings. The molecule has 0 unspecified atom stereocenters. The van der Waals surface area contributed by atoms with Crippen molar-refractivity contribution in [2.75, 3.05) is 19.6 Å². The summed E-state index contributed by atoms with van der Waals surface area (Å²) >= 11 is 0. The number of carbonyl (C=O) groups is 1. The standard InChI is InChI=1S/C23H25N3O2.H2S/c27-21(23(12-13-23)22-25-18-10-4-5-11-20(18)28-22)24-19(16-26-14-6-7-15-26)17-8-2-1-3-9-17;/h1-5,8-11,19H,6-7,12-16H2,(H,24,27);1H2/t19-;/m1./s1. The van der Waals surface area contributed by atoms with Crippen molar-refractivity contribution < 1.29 is 9.21 Å². The number of benzene rings is 2. The van der Waals surface area contributed by atoms with Crippen molar-refractivity contribution in [3.63, 3.8) is 0 Å². The van der Waals surface area contributed by atoms with Crippen molar-refractivity contribution in [1.82, 2.24) is 15.2 Å². The Kier molecular flexibility index (Phi) is 5.65. The van der Waals surface area contributed by atoms with Gasteiger partial charge in [0.1, 0.15) is 10.9 Å². The number of rotatable bonds is 6. The van der Waals surface area contributed by atoms with Gasteiger partial charge in [0.05, 0.1) is 6.04 Å². The van der Waals surface area contributed by atoms with Crippen LogP contribution in [-0.4, -0.2) is 35.4 Å². The largest absolute Gasteiger partial charge is 0.440 e. The molecule has 2 aromatic carbocycles. The first-order valence-corrected chi connectivity index (χ1v) is 10.2. The van der Waals surface area contributed by atoms with Gasteiger partial charge in [-0.3, -0.25) is 4.79 Å². The maximum Gasteiger partial charge on any atom is 0.236 e. The molecular weight excluding hydrogens is 382 g/mol. The van der Waals surface area contributed by atoms with E-state index in [4.69, 9.17) is 4.42 Å². The molecule has 1 aliphatic carbocycles. The molecule has 2 heterocycles. The maximum absolute atomic E-state index is 13.3. The van der Waals surface area contributed by atoms with Gasteiger partial charge in [-0.25, -0.2) is 4.98 Å². The summed E-state index contributed by atoms with van der Waals surface area (Å²) in [6.45, 7) is 3.06. The van der Waals surface area contributed by atoms with Crippen molar-refractivity contribution >= 4 is 30.5 Å². The Morgan fingerprint density at radius 2 is 1.76 bits per heavy atom. The second-order valence-corrected chi connectivity index (χ2v) is 8.01. The van der Waals surface area contributed by atoms with Crippen molar-refractivity contribution in [3.05, 3.63) is 66.1 Å². The zero-order valence-electron chi connectivity index (χ0n) is 16.4. The maximum atomic E-state index is 13.3. The number of fused-ring (bicyclic) bond motifs is 1. The molecule has 1 N–H and O–H groups in total. The quantitative estimate of drug-likeness (QED) is 0.670. The third kappa shape index (κ3) is 3.91. The SMILES string of the molecule is O=C(N[C@H](CN1CCCC1)c1ccccc1)C1(c2nc3ccccc3o2)CC1.S. The number of likely N-dealkylation sites (tertiary alicyclic amines) is 1. The van der Waals surface area contributed by atoms with E-state index < -0.39 is 5.41 Å². The molecule has 6 heteroatoms. The molecular formula is C23H27N3O2S. The zero-order valence-corrected chi connectivity index (χ0v) is 17.4. The highest BCUT2D eigenvalue weighted by molar-refractivity contribution is 7.59. The van der Waals surface area contributed by atoms with Crippen LogP contribution in [0.2, 0.25) is 0 Å². The summed E-state index contributed by atoms with van der Waals surface area (Å²) < 4.78 is 5.95. The normalized spacial score (nSPS) is 18.9. The van der Waals surface area contributed by atoms with Gasteiger partial charge >= 0.3 is 0 Å². The first-order chi connectivity index (χ1) is 13.7. The molecule has 0 bridgehead atoms. The Bertz CT molecular complexity index is 945. The van der Waals surface area contributed by atoms with Gasteiger partial charge in [0, 0.05) is 6.54 Å². The fourth-order valence-corrected chi connectivity index (χ4v) is 4.18. The van der Waals surface area contributed by atoms with E-state index in [0.717, 1.165) is 49.1 Å². The van der Waals surface area contributed by atoms with Crippen LogP contribution < -0.4 is 5.32 Å². The smallest absolute Gasteiger partial charge is 0.236 e. The zero-order chi connectivity index (χ0) is 19.0. The lowest BCUT2D eigenvalue weighted by Crippen LogP contribution is -2.42. The summed E-state index contributed by atoms with van der Waals surface area (Å²) in [6, 6.07) is 18.0. The highest BCUT2D eigenvalue weighted by Gasteiger charge is 2.56. The van der Waals surface area contributed by atoms with Crippen LogP contribution in [0, 0.1) is 0 Å². The number of amides is 1. The summed E-state index contributed by atoms with van der Waals surface area (Å²) in [5, 5.41) is 3.33. The number of carbonyl (C=O) groups excluding carboxylic acids is 1. The number of oxazole rings is 1. The van der Waals surface area contributed by atoms with Crippen LogP contribution >= 0.6 is 13.5 Å². The Hall–Kier alpha value is -2.31. The molecule has 1 atom stereocenters. The lowest BCUT2D eigenvalue weighted by molar-refractivity contribution is -0.125. The van der Waals surface area contributed by atoms with Crippen LogP contribution in [0.5, 0.6) is 0 Å². The van der Waals surface area contributed by atoms with Gasteiger partial charge in [-0.1, -0.05) is 42.5 Å². The average Bonchev–Trinajstić information content (AvgIpc) is 3.17. The predicted octanol–water partition coefficient (Wildman–Crippen LogP) is 3.93. The molecule has 1 aliphatic heterocycles. The Morgan fingerprint density at radius 3 is 2.45 bits per heavy atom. The molecule has 1 amide bonds. The van der Waals surface area contributed by atoms with Gasteiger partial charge < -0.3 is 14.6 Å². The second kappa shape index (κ2) is 8.20. The van der Waals surface area contributed by atoms with Crippen LogP contribution in [0.4, 0.5) is 0 Å². The summed E-state index contributed by atoms with van der Waals surface area (Å²) in [5.74, 6) is 0.589. The Labute approximate surface area is 177 Å². The minimum absolute atomic E-state index is 0. The van der Waals surface area contributed by atoms with E-state index in [0.29, 0.717) is 5.89 Å². The lowest BCUT2D eigenvalue weighted by atomic mass is 10.0. The Balaban J connectivity index is 0.00000205. The second-order valence-electron chi connectivity index (χ2n) is 8.01. The molecule has 2 aliphatic rings. The van der Waals surface area contributed by atoms with Gasteiger partial charge in [0.25, 0.3) is 0 Å². The number of para-hydroxylation sites is 2. The van der Waals surface area contributed by atoms with E-state index in [1.807, 2.05) is 42.5 Å². The molecule has 1 saturated carbocycles. The molecule has 5 rings (SSSR count). The molecule has 3 aromatic rings. The van der Waals surface area contributed by atoms with Crippen LogP contribution in [0.25, 0.3) is 11.1 Å². The van der Waals surface area contributed by atoms with Crippen LogP contribution in [0.3, 0.4) is 0 Å².